The average molecular weight is 648 g/mol. The van der Waals surface area contributed by atoms with Crippen LogP contribution in [0.3, 0.4) is 0 Å². The fraction of sp³-hybridized carbons (Fsp3) is 0.261. The third-order valence-corrected chi connectivity index (χ3v) is 11.6. The highest BCUT2D eigenvalue weighted by molar-refractivity contribution is 6.66. The van der Waals surface area contributed by atoms with Crippen LogP contribution in [0.5, 0.6) is 0 Å². The van der Waals surface area contributed by atoms with E-state index in [4.69, 9.17) is 92.8 Å². The summed E-state index contributed by atoms with van der Waals surface area (Å²) in [5.41, 5.74) is 0.632. The van der Waals surface area contributed by atoms with Gasteiger partial charge in [-0.15, -0.1) is 23.2 Å². The van der Waals surface area contributed by atoms with Crippen molar-refractivity contribution in [3.8, 4) is 0 Å². The van der Waals surface area contributed by atoms with Crippen LogP contribution in [0.1, 0.15) is 15.9 Å². The molecule has 2 fully saturated rings. The number of carbonyl (C=O) groups excluding carboxylic acids is 3. The van der Waals surface area contributed by atoms with E-state index in [1.807, 2.05) is 0 Å². The summed E-state index contributed by atoms with van der Waals surface area (Å²) in [6.45, 7) is -0.190. The summed E-state index contributed by atoms with van der Waals surface area (Å²) >= 11 is 51.7. The number of carbonyl (C=O) groups is 3. The molecular formula is C23H12Cl8N2O3. The molecule has 5 rings (SSSR count). The Labute approximate surface area is 245 Å². The zero-order valence-corrected chi connectivity index (χ0v) is 23.7. The molecule has 0 unspecified atom stereocenters. The lowest BCUT2D eigenvalue weighted by Gasteiger charge is -2.37. The molecule has 1 saturated carbocycles. The molecule has 0 spiro atoms. The summed E-state index contributed by atoms with van der Waals surface area (Å²) in [7, 11) is 0. The summed E-state index contributed by atoms with van der Waals surface area (Å²) in [6, 6.07) is 12.7. The number of fused-ring (bicyclic) bond motifs is 5. The summed E-state index contributed by atoms with van der Waals surface area (Å²) in [6.07, 6.45) is 0. The van der Waals surface area contributed by atoms with Crippen LogP contribution in [0, 0.1) is 11.8 Å². The number of imide groups is 1. The van der Waals surface area contributed by atoms with Crippen LogP contribution in [0.15, 0.2) is 58.6 Å². The molecule has 2 aromatic carbocycles. The number of hydrogen-bond donors (Lipinski definition) is 0. The minimum Gasteiger partial charge on any atom is -0.272 e. The van der Waals surface area contributed by atoms with Gasteiger partial charge in [0, 0.05) is 5.02 Å². The van der Waals surface area contributed by atoms with Crippen molar-refractivity contribution in [2.45, 2.75) is 20.6 Å². The maximum atomic E-state index is 13.9. The van der Waals surface area contributed by atoms with Crippen molar-refractivity contribution < 1.29 is 14.4 Å². The topological polar surface area (TPSA) is 57.7 Å². The fourth-order valence-electron chi connectivity index (χ4n) is 4.99. The average Bonchev–Trinajstić information content (AvgIpc) is 3.22. The van der Waals surface area contributed by atoms with E-state index in [1.165, 1.54) is 12.1 Å². The second-order valence-corrected chi connectivity index (χ2v) is 12.7. The summed E-state index contributed by atoms with van der Waals surface area (Å²) in [4.78, 5) is 37.4. The van der Waals surface area contributed by atoms with Gasteiger partial charge in [-0.2, -0.15) is 5.01 Å². The predicted molar refractivity (Wildman–Crippen MR) is 142 cm³/mol. The molecule has 4 atom stereocenters. The van der Waals surface area contributed by atoms with Gasteiger partial charge < -0.3 is 0 Å². The van der Waals surface area contributed by atoms with E-state index in [-0.39, 0.29) is 27.2 Å². The maximum absolute atomic E-state index is 13.9. The van der Waals surface area contributed by atoms with Crippen LogP contribution in [-0.2, 0) is 16.1 Å². The van der Waals surface area contributed by atoms with E-state index in [0.29, 0.717) is 15.6 Å². The van der Waals surface area contributed by atoms with Gasteiger partial charge in [-0.25, -0.2) is 5.01 Å². The number of alkyl halides is 4. The van der Waals surface area contributed by atoms with Crippen molar-refractivity contribution in [1.82, 2.24) is 10.0 Å². The van der Waals surface area contributed by atoms with Gasteiger partial charge in [-0.1, -0.05) is 93.9 Å². The second-order valence-electron chi connectivity index (χ2n) is 8.54. The van der Waals surface area contributed by atoms with Crippen LogP contribution < -0.4 is 0 Å². The van der Waals surface area contributed by atoms with E-state index in [2.05, 4.69) is 0 Å². The van der Waals surface area contributed by atoms with E-state index in [0.717, 1.165) is 5.01 Å². The van der Waals surface area contributed by atoms with Crippen LogP contribution in [0.2, 0.25) is 10.0 Å². The summed E-state index contributed by atoms with van der Waals surface area (Å²) < 4.78 is -2.09. The molecule has 188 valence electrons. The molecule has 0 radical (unpaired) electrons. The molecule has 36 heavy (non-hydrogen) atoms. The van der Waals surface area contributed by atoms with E-state index in [9.17, 15) is 14.4 Å². The monoisotopic (exact) mass is 644 g/mol. The molecule has 1 aliphatic heterocycles. The van der Waals surface area contributed by atoms with Crippen LogP contribution >= 0.6 is 92.8 Å². The number of hydrazine groups is 1. The van der Waals surface area contributed by atoms with Crippen molar-refractivity contribution in [2.24, 2.45) is 11.8 Å². The highest BCUT2D eigenvalue weighted by Crippen LogP contribution is 2.77. The van der Waals surface area contributed by atoms with Crippen molar-refractivity contribution >= 4 is 111 Å². The van der Waals surface area contributed by atoms with Crippen molar-refractivity contribution in [3.05, 3.63) is 79.8 Å². The third-order valence-electron chi connectivity index (χ3n) is 6.71. The predicted octanol–water partition coefficient (Wildman–Crippen LogP) is 7.00. The Morgan fingerprint density at radius 3 is 1.81 bits per heavy atom. The Balaban J connectivity index is 1.63. The van der Waals surface area contributed by atoms with Gasteiger partial charge in [0.05, 0.1) is 39.0 Å². The van der Waals surface area contributed by atoms with Gasteiger partial charge in [-0.05, 0) is 29.8 Å². The van der Waals surface area contributed by atoms with Crippen LogP contribution in [0.4, 0.5) is 0 Å². The Hall–Kier alpha value is -0.890. The van der Waals surface area contributed by atoms with Gasteiger partial charge in [0.2, 0.25) is 0 Å². The highest BCUT2D eigenvalue weighted by atomic mass is 35.5. The van der Waals surface area contributed by atoms with E-state index in [1.54, 1.807) is 36.4 Å². The molecule has 1 saturated heterocycles. The molecule has 0 aromatic heterocycles. The van der Waals surface area contributed by atoms with Crippen LogP contribution in [-0.4, -0.2) is 41.8 Å². The van der Waals surface area contributed by atoms with Crippen molar-refractivity contribution in [2.75, 3.05) is 0 Å². The Morgan fingerprint density at radius 2 is 1.31 bits per heavy atom. The summed E-state index contributed by atoms with van der Waals surface area (Å²) in [5.74, 6) is -5.21. The first-order valence-corrected chi connectivity index (χ1v) is 13.3. The number of nitrogens with zero attached hydrogens (tertiary/aromatic N) is 2. The fourth-order valence-corrected chi connectivity index (χ4v) is 8.26. The van der Waals surface area contributed by atoms with Gasteiger partial charge in [0.1, 0.15) is 9.75 Å². The molecule has 2 aliphatic carbocycles. The number of benzene rings is 2. The highest BCUT2D eigenvalue weighted by Gasteiger charge is 2.88. The first kappa shape index (κ1) is 26.7. The van der Waals surface area contributed by atoms with Crippen molar-refractivity contribution in [3.63, 3.8) is 0 Å². The number of halogens is 8. The number of amides is 3. The first-order chi connectivity index (χ1) is 16.8. The van der Waals surface area contributed by atoms with Gasteiger partial charge in [0.15, 0.2) is 4.33 Å². The molecule has 2 bridgehead atoms. The van der Waals surface area contributed by atoms with Crippen LogP contribution in [0.25, 0.3) is 0 Å². The lowest BCUT2D eigenvalue weighted by Crippen LogP contribution is -2.55. The molecule has 1 heterocycles. The number of allylic oxidation sites excluding steroid dienone is 2. The number of rotatable bonds is 4. The van der Waals surface area contributed by atoms with Gasteiger partial charge >= 0.3 is 0 Å². The smallest absolute Gasteiger partial charge is 0.272 e. The zero-order valence-electron chi connectivity index (χ0n) is 17.6. The largest absolute Gasteiger partial charge is 0.274 e. The SMILES string of the molecule is O=C(c1ccccc1Cl)N(Cc1ccc(Cl)cc1)N1C(=O)[C@@H]2[C@H](C1=O)[C@@]1(Cl)C(Cl)=C(Cl)[C@@]2(Cl)C1(Cl)Cl. The Kier molecular flexibility index (Phi) is 6.54. The molecule has 2 aromatic rings. The Morgan fingerprint density at radius 1 is 0.806 bits per heavy atom. The molecule has 0 N–H and O–H groups in total. The summed E-state index contributed by atoms with van der Waals surface area (Å²) in [5, 5.41) is 1.81. The maximum Gasteiger partial charge on any atom is 0.274 e. The standard InChI is InChI=1S/C23H12Cl8N2O3/c24-11-7-5-10(6-8-11)9-32(18(34)12-3-1-2-4-13(12)25)33-19(35)14-15(20(33)36)22(29)17(27)16(26)21(14,28)23(22,30)31/h1-8,14-15H,9H2/t14-,15+,21-,22-/m1/s1. The molecule has 13 heteroatoms. The lowest BCUT2D eigenvalue weighted by molar-refractivity contribution is -0.156. The molecule has 5 nitrogen and oxygen atoms in total. The van der Waals surface area contributed by atoms with Gasteiger partial charge in [-0.3, -0.25) is 14.4 Å². The molecule has 3 aliphatic rings. The minimum absolute atomic E-state index is 0.0631. The normalized spacial score (nSPS) is 30.3. The van der Waals surface area contributed by atoms with E-state index >= 15 is 0 Å². The van der Waals surface area contributed by atoms with E-state index < -0.39 is 43.6 Å². The Bertz CT molecular complexity index is 1320. The number of hydrogen-bond acceptors (Lipinski definition) is 3. The van der Waals surface area contributed by atoms with Crippen molar-refractivity contribution in [1.29, 1.82) is 0 Å². The molecular weight excluding hydrogens is 636 g/mol. The quantitative estimate of drug-likeness (QED) is 0.265. The first-order valence-electron chi connectivity index (χ1n) is 10.3. The van der Waals surface area contributed by atoms with Gasteiger partial charge in [0.25, 0.3) is 17.7 Å². The third kappa shape index (κ3) is 3.27. The minimum atomic E-state index is -2.09. The zero-order chi connectivity index (χ0) is 26.4. The lowest BCUT2D eigenvalue weighted by atomic mass is 9.84. The molecule has 3 amide bonds. The second kappa shape index (κ2) is 8.82.